The van der Waals surface area contributed by atoms with Gasteiger partial charge in [0.05, 0.1) is 6.04 Å². The number of nitrogens with two attached hydrogens (primary N) is 1. The van der Waals surface area contributed by atoms with E-state index in [0.29, 0.717) is 0 Å². The Labute approximate surface area is 121 Å². The van der Waals surface area contributed by atoms with E-state index in [1.807, 2.05) is 18.5 Å². The van der Waals surface area contributed by atoms with Crippen molar-refractivity contribution in [2.24, 2.45) is 5.84 Å². The van der Waals surface area contributed by atoms with Gasteiger partial charge in [0, 0.05) is 28.9 Å². The van der Waals surface area contributed by atoms with Crippen LogP contribution in [0.3, 0.4) is 0 Å². The fourth-order valence-corrected chi connectivity index (χ4v) is 2.56. The number of hydrogen-bond acceptors (Lipinski definition) is 3. The maximum atomic E-state index is 5.67. The summed E-state index contributed by atoms with van der Waals surface area (Å²) in [6.45, 7) is 3.04. The molecule has 1 aromatic carbocycles. The Morgan fingerprint density at radius 2 is 2.33 bits per heavy atom. The van der Waals surface area contributed by atoms with Crippen molar-refractivity contribution in [3.63, 3.8) is 0 Å². The first kappa shape index (κ1) is 13.5. The van der Waals surface area contributed by atoms with Crippen LogP contribution in [-0.4, -0.2) is 9.55 Å². The van der Waals surface area contributed by atoms with Gasteiger partial charge in [0.1, 0.15) is 5.82 Å². The Morgan fingerprint density at radius 1 is 1.50 bits per heavy atom. The maximum Gasteiger partial charge on any atom is 0.110 e. The third kappa shape index (κ3) is 3.09. The van der Waals surface area contributed by atoms with Crippen LogP contribution in [0.2, 0.25) is 0 Å². The van der Waals surface area contributed by atoms with Crippen LogP contribution in [0.25, 0.3) is 0 Å². The normalized spacial score (nSPS) is 12.6. The van der Waals surface area contributed by atoms with Gasteiger partial charge in [0.15, 0.2) is 0 Å². The van der Waals surface area contributed by atoms with Crippen molar-refractivity contribution in [3.05, 3.63) is 51.6 Å². The first-order valence-electron chi connectivity index (χ1n) is 5.96. The molecule has 4 nitrogen and oxygen atoms in total. The van der Waals surface area contributed by atoms with Gasteiger partial charge in [-0.05, 0) is 47.2 Å². The van der Waals surface area contributed by atoms with E-state index in [1.165, 1.54) is 9.13 Å². The number of rotatable bonds is 5. The third-order valence-corrected chi connectivity index (χ3v) is 3.65. The molecule has 2 rings (SSSR count). The molecule has 96 valence electrons. The molecular weight excluding hydrogens is 339 g/mol. The zero-order chi connectivity index (χ0) is 13.0. The first-order chi connectivity index (χ1) is 8.74. The van der Waals surface area contributed by atoms with E-state index in [0.717, 1.165) is 18.8 Å². The topological polar surface area (TPSA) is 55.9 Å². The van der Waals surface area contributed by atoms with Gasteiger partial charge in [-0.3, -0.25) is 11.3 Å². The van der Waals surface area contributed by atoms with Crippen LogP contribution in [0.15, 0.2) is 36.7 Å². The van der Waals surface area contributed by atoms with E-state index in [4.69, 9.17) is 5.84 Å². The molecule has 3 N–H and O–H groups in total. The van der Waals surface area contributed by atoms with Crippen LogP contribution in [0, 0.1) is 3.57 Å². The van der Waals surface area contributed by atoms with E-state index < -0.39 is 0 Å². The molecule has 0 aliphatic heterocycles. The monoisotopic (exact) mass is 356 g/mol. The Kier molecular flexibility index (Phi) is 4.73. The fraction of sp³-hybridized carbons (Fsp3) is 0.308. The molecule has 0 spiro atoms. The molecule has 1 unspecified atom stereocenters. The van der Waals surface area contributed by atoms with Crippen LogP contribution < -0.4 is 11.3 Å². The largest absolute Gasteiger partial charge is 0.335 e. The van der Waals surface area contributed by atoms with Crippen molar-refractivity contribution >= 4 is 22.6 Å². The average Bonchev–Trinajstić information content (AvgIpc) is 2.83. The highest BCUT2D eigenvalue weighted by atomic mass is 127. The summed E-state index contributed by atoms with van der Waals surface area (Å²) < 4.78 is 3.35. The number of halogens is 1. The molecule has 2 aromatic rings. The number of aromatic nitrogens is 2. The standard InChI is InChI=1S/C13H17IN4/c1-2-18-7-6-16-13(18)9-12(17-15)10-4-3-5-11(14)8-10/h3-8,12,17H,2,9,15H2,1H3. The van der Waals surface area contributed by atoms with Crippen molar-refractivity contribution in [2.45, 2.75) is 25.9 Å². The van der Waals surface area contributed by atoms with Gasteiger partial charge in [0.25, 0.3) is 0 Å². The SMILES string of the molecule is CCn1ccnc1CC(NN)c1cccc(I)c1. The molecule has 0 fully saturated rings. The molecule has 18 heavy (non-hydrogen) atoms. The van der Waals surface area contributed by atoms with Crippen LogP contribution >= 0.6 is 22.6 Å². The Morgan fingerprint density at radius 3 is 3.00 bits per heavy atom. The number of imidazole rings is 1. The molecule has 0 bridgehead atoms. The highest BCUT2D eigenvalue weighted by Gasteiger charge is 2.13. The smallest absolute Gasteiger partial charge is 0.110 e. The maximum absolute atomic E-state index is 5.67. The highest BCUT2D eigenvalue weighted by Crippen LogP contribution is 2.19. The first-order valence-corrected chi connectivity index (χ1v) is 7.04. The summed E-state index contributed by atoms with van der Waals surface area (Å²) in [5, 5.41) is 0. The van der Waals surface area contributed by atoms with Crippen LogP contribution in [0.1, 0.15) is 24.4 Å². The molecule has 5 heteroatoms. The average molecular weight is 356 g/mol. The minimum Gasteiger partial charge on any atom is -0.335 e. The minimum atomic E-state index is 0.0902. The second-order valence-corrected chi connectivity index (χ2v) is 5.35. The predicted octanol–water partition coefficient (Wildman–Crippen LogP) is 2.25. The molecule has 0 aliphatic rings. The molecule has 1 heterocycles. The van der Waals surface area contributed by atoms with Gasteiger partial charge in [-0.15, -0.1) is 0 Å². The number of hydrogen-bond donors (Lipinski definition) is 2. The lowest BCUT2D eigenvalue weighted by Crippen LogP contribution is -2.30. The van der Waals surface area contributed by atoms with Crippen molar-refractivity contribution < 1.29 is 0 Å². The van der Waals surface area contributed by atoms with E-state index in [9.17, 15) is 0 Å². The van der Waals surface area contributed by atoms with Gasteiger partial charge in [-0.2, -0.15) is 0 Å². The van der Waals surface area contributed by atoms with Crippen molar-refractivity contribution in [3.8, 4) is 0 Å². The molecule has 1 aromatic heterocycles. The number of benzene rings is 1. The number of hydrazine groups is 1. The second-order valence-electron chi connectivity index (χ2n) is 4.11. The molecular formula is C13H17IN4. The van der Waals surface area contributed by atoms with Crippen molar-refractivity contribution in [2.75, 3.05) is 0 Å². The van der Waals surface area contributed by atoms with Gasteiger partial charge < -0.3 is 4.57 Å². The van der Waals surface area contributed by atoms with Gasteiger partial charge in [-0.1, -0.05) is 12.1 Å². The fourth-order valence-electron chi connectivity index (χ4n) is 2.00. The lowest BCUT2D eigenvalue weighted by Gasteiger charge is -2.17. The van der Waals surface area contributed by atoms with Crippen molar-refractivity contribution in [1.82, 2.24) is 15.0 Å². The third-order valence-electron chi connectivity index (χ3n) is 2.98. The van der Waals surface area contributed by atoms with Gasteiger partial charge in [0.2, 0.25) is 0 Å². The van der Waals surface area contributed by atoms with Gasteiger partial charge in [-0.25, -0.2) is 4.98 Å². The summed E-state index contributed by atoms with van der Waals surface area (Å²) >= 11 is 2.31. The zero-order valence-corrected chi connectivity index (χ0v) is 12.5. The minimum absolute atomic E-state index is 0.0902. The van der Waals surface area contributed by atoms with E-state index in [-0.39, 0.29) is 6.04 Å². The number of nitrogens with one attached hydrogen (secondary N) is 1. The Hall–Kier alpha value is -0.920. The zero-order valence-electron chi connectivity index (χ0n) is 10.3. The summed E-state index contributed by atoms with van der Waals surface area (Å²) in [4.78, 5) is 4.39. The summed E-state index contributed by atoms with van der Waals surface area (Å²) in [6.07, 6.45) is 4.62. The second kappa shape index (κ2) is 6.31. The Balaban J connectivity index is 2.20. The lowest BCUT2D eigenvalue weighted by atomic mass is 10.0. The van der Waals surface area contributed by atoms with Crippen LogP contribution in [0.5, 0.6) is 0 Å². The summed E-state index contributed by atoms with van der Waals surface area (Å²) in [5.74, 6) is 6.73. The molecule has 0 aliphatic carbocycles. The highest BCUT2D eigenvalue weighted by molar-refractivity contribution is 14.1. The summed E-state index contributed by atoms with van der Waals surface area (Å²) in [6, 6.07) is 8.45. The molecule has 0 amide bonds. The van der Waals surface area contributed by atoms with Crippen molar-refractivity contribution in [1.29, 1.82) is 0 Å². The molecule has 1 atom stereocenters. The molecule has 0 saturated carbocycles. The quantitative estimate of drug-likeness (QED) is 0.491. The number of nitrogens with zero attached hydrogens (tertiary/aromatic N) is 2. The van der Waals surface area contributed by atoms with E-state index in [1.54, 1.807) is 0 Å². The predicted molar refractivity (Wildman–Crippen MR) is 80.8 cm³/mol. The van der Waals surface area contributed by atoms with Crippen LogP contribution in [0.4, 0.5) is 0 Å². The van der Waals surface area contributed by atoms with E-state index >= 15 is 0 Å². The van der Waals surface area contributed by atoms with E-state index in [2.05, 4.69) is 62.7 Å². The lowest BCUT2D eigenvalue weighted by molar-refractivity contribution is 0.523. The summed E-state index contributed by atoms with van der Waals surface area (Å²) in [5.41, 5.74) is 4.07. The van der Waals surface area contributed by atoms with Crippen LogP contribution in [-0.2, 0) is 13.0 Å². The Bertz CT molecular complexity index is 509. The molecule has 0 radical (unpaired) electrons. The number of aryl methyl sites for hydroxylation is 1. The summed E-state index contributed by atoms with van der Waals surface area (Å²) in [7, 11) is 0. The molecule has 0 saturated heterocycles. The van der Waals surface area contributed by atoms with Gasteiger partial charge >= 0.3 is 0 Å².